The molecule has 0 atom stereocenters. The molecule has 0 unspecified atom stereocenters. The van der Waals surface area contributed by atoms with Crippen molar-refractivity contribution in [2.75, 3.05) is 13.1 Å². The summed E-state index contributed by atoms with van der Waals surface area (Å²) < 4.78 is 0. The van der Waals surface area contributed by atoms with Crippen LogP contribution in [0.25, 0.3) is 21.5 Å². The molecule has 2 N–H and O–H groups in total. The second kappa shape index (κ2) is 7.69. The van der Waals surface area contributed by atoms with Crippen LogP contribution in [0.5, 0.6) is 0 Å². The molecule has 130 valence electrons. The van der Waals surface area contributed by atoms with E-state index in [0.717, 1.165) is 19.6 Å². The first kappa shape index (κ1) is 16.8. The third-order valence-electron chi connectivity index (χ3n) is 4.99. The molecule has 0 aliphatic heterocycles. The number of hydrogen-bond donors (Lipinski definition) is 1. The number of fused-ring (bicyclic) bond motifs is 2. The van der Waals surface area contributed by atoms with Gasteiger partial charge < -0.3 is 5.73 Å². The molecule has 0 aromatic heterocycles. The lowest BCUT2D eigenvalue weighted by atomic mass is 10.0. The summed E-state index contributed by atoms with van der Waals surface area (Å²) in [6.45, 7) is 3.35. The Morgan fingerprint density at radius 3 is 1.54 bits per heavy atom. The Morgan fingerprint density at radius 2 is 1.04 bits per heavy atom. The Bertz CT molecular complexity index is 931. The van der Waals surface area contributed by atoms with E-state index in [4.69, 9.17) is 5.73 Å². The van der Waals surface area contributed by atoms with Gasteiger partial charge in [-0.15, -0.1) is 0 Å². The second-order valence-corrected chi connectivity index (χ2v) is 6.78. The van der Waals surface area contributed by atoms with Crippen molar-refractivity contribution in [1.29, 1.82) is 0 Å². The zero-order valence-electron chi connectivity index (χ0n) is 14.9. The average Bonchev–Trinajstić information content (AvgIpc) is 2.69. The molecule has 2 nitrogen and oxygen atoms in total. The molecule has 0 bridgehead atoms. The summed E-state index contributed by atoms with van der Waals surface area (Å²) in [6, 6.07) is 30.3. The van der Waals surface area contributed by atoms with Crippen LogP contribution in [-0.4, -0.2) is 18.0 Å². The van der Waals surface area contributed by atoms with Gasteiger partial charge >= 0.3 is 0 Å². The maximum atomic E-state index is 5.92. The Hall–Kier alpha value is -2.68. The molecule has 2 heteroatoms. The largest absolute Gasteiger partial charge is 0.329 e. The molecule has 4 aromatic carbocycles. The van der Waals surface area contributed by atoms with Gasteiger partial charge in [0.05, 0.1) is 0 Å². The van der Waals surface area contributed by atoms with Crippen molar-refractivity contribution in [2.24, 2.45) is 5.73 Å². The van der Waals surface area contributed by atoms with Crippen molar-refractivity contribution in [1.82, 2.24) is 4.90 Å². The van der Waals surface area contributed by atoms with Gasteiger partial charge in [0.25, 0.3) is 0 Å². The van der Waals surface area contributed by atoms with Gasteiger partial charge in [-0.05, 0) is 32.7 Å². The monoisotopic (exact) mass is 340 g/mol. The summed E-state index contributed by atoms with van der Waals surface area (Å²) in [5.41, 5.74) is 8.64. The van der Waals surface area contributed by atoms with Crippen LogP contribution in [0.1, 0.15) is 11.1 Å². The normalized spacial score (nSPS) is 11.5. The van der Waals surface area contributed by atoms with Crippen LogP contribution >= 0.6 is 0 Å². The zero-order chi connectivity index (χ0) is 17.8. The molecule has 4 rings (SSSR count). The highest BCUT2D eigenvalue weighted by atomic mass is 15.1. The number of rotatable bonds is 6. The van der Waals surface area contributed by atoms with Crippen LogP contribution < -0.4 is 5.73 Å². The van der Waals surface area contributed by atoms with Crippen molar-refractivity contribution >= 4 is 21.5 Å². The van der Waals surface area contributed by atoms with Crippen LogP contribution in [-0.2, 0) is 13.1 Å². The van der Waals surface area contributed by atoms with Gasteiger partial charge in [-0.3, -0.25) is 4.90 Å². The van der Waals surface area contributed by atoms with Crippen LogP contribution in [0.3, 0.4) is 0 Å². The van der Waals surface area contributed by atoms with Crippen LogP contribution in [0.15, 0.2) is 84.9 Å². The van der Waals surface area contributed by atoms with Gasteiger partial charge in [0.2, 0.25) is 0 Å². The van der Waals surface area contributed by atoms with Crippen molar-refractivity contribution in [2.45, 2.75) is 13.1 Å². The molecule has 26 heavy (non-hydrogen) atoms. The number of nitrogens with two attached hydrogens (primary N) is 1. The third kappa shape index (κ3) is 3.48. The molecule has 4 aromatic rings. The maximum Gasteiger partial charge on any atom is 0.0243 e. The summed E-state index contributed by atoms with van der Waals surface area (Å²) in [6.07, 6.45) is 0. The molecule has 0 radical (unpaired) electrons. The summed E-state index contributed by atoms with van der Waals surface area (Å²) in [5, 5.41) is 5.25. The van der Waals surface area contributed by atoms with E-state index in [2.05, 4.69) is 89.8 Å². The van der Waals surface area contributed by atoms with E-state index < -0.39 is 0 Å². The van der Waals surface area contributed by atoms with Crippen LogP contribution in [0, 0.1) is 0 Å². The van der Waals surface area contributed by atoms with Gasteiger partial charge in [-0.2, -0.15) is 0 Å². The summed E-state index contributed by atoms with van der Waals surface area (Å²) >= 11 is 0. The minimum Gasteiger partial charge on any atom is -0.329 e. The standard InChI is InChI=1S/C24H24N2/c25-15-16-26(17-21-11-5-9-19-7-1-3-13-23(19)21)18-22-12-6-10-20-8-2-4-14-24(20)22/h1-14H,15-18,25H2. The lowest BCUT2D eigenvalue weighted by molar-refractivity contribution is 0.266. The van der Waals surface area contributed by atoms with Crippen molar-refractivity contribution < 1.29 is 0 Å². The molecule has 0 heterocycles. The lowest BCUT2D eigenvalue weighted by Gasteiger charge is -2.23. The summed E-state index contributed by atoms with van der Waals surface area (Å²) in [5.74, 6) is 0. The molecule has 0 spiro atoms. The third-order valence-corrected chi connectivity index (χ3v) is 4.99. The topological polar surface area (TPSA) is 29.3 Å². The fourth-order valence-electron chi connectivity index (χ4n) is 3.74. The first-order valence-corrected chi connectivity index (χ1v) is 9.21. The quantitative estimate of drug-likeness (QED) is 0.538. The highest BCUT2D eigenvalue weighted by molar-refractivity contribution is 5.86. The van der Waals surface area contributed by atoms with Gasteiger partial charge in [0.15, 0.2) is 0 Å². The number of nitrogens with zero attached hydrogens (tertiary/aromatic N) is 1. The summed E-state index contributed by atoms with van der Waals surface area (Å²) in [4.78, 5) is 2.45. The Labute approximate surface area is 154 Å². The minimum atomic E-state index is 0.662. The Balaban J connectivity index is 1.65. The fraction of sp³-hybridized carbons (Fsp3) is 0.167. The fourth-order valence-corrected chi connectivity index (χ4v) is 3.74. The minimum absolute atomic E-state index is 0.662. The first-order chi connectivity index (χ1) is 12.8. The van der Waals surface area contributed by atoms with E-state index in [0.29, 0.717) is 6.54 Å². The van der Waals surface area contributed by atoms with Crippen molar-refractivity contribution in [3.8, 4) is 0 Å². The molecule has 0 amide bonds. The predicted molar refractivity (Wildman–Crippen MR) is 111 cm³/mol. The van der Waals surface area contributed by atoms with Gasteiger partial charge in [-0.25, -0.2) is 0 Å². The van der Waals surface area contributed by atoms with Crippen molar-refractivity contribution in [3.05, 3.63) is 96.1 Å². The number of benzene rings is 4. The highest BCUT2D eigenvalue weighted by Gasteiger charge is 2.10. The number of hydrogen-bond acceptors (Lipinski definition) is 2. The van der Waals surface area contributed by atoms with E-state index in [1.54, 1.807) is 0 Å². The average molecular weight is 340 g/mol. The smallest absolute Gasteiger partial charge is 0.0243 e. The predicted octanol–water partition coefficient (Wildman–Crippen LogP) is 4.95. The van der Waals surface area contributed by atoms with E-state index in [1.165, 1.54) is 32.7 Å². The molecular formula is C24H24N2. The van der Waals surface area contributed by atoms with Gasteiger partial charge in [0.1, 0.15) is 0 Å². The molecule has 0 aliphatic carbocycles. The molecule has 0 aliphatic rings. The van der Waals surface area contributed by atoms with Gasteiger partial charge in [-0.1, -0.05) is 84.9 Å². The van der Waals surface area contributed by atoms with E-state index in [-0.39, 0.29) is 0 Å². The molecule has 0 fully saturated rings. The van der Waals surface area contributed by atoms with Crippen LogP contribution in [0.2, 0.25) is 0 Å². The Kier molecular flexibility index (Phi) is 4.96. The SMILES string of the molecule is NCCN(Cc1cccc2ccccc12)Cc1cccc2ccccc12. The Morgan fingerprint density at radius 1 is 0.577 bits per heavy atom. The summed E-state index contributed by atoms with van der Waals surface area (Å²) in [7, 11) is 0. The molecule has 0 saturated carbocycles. The highest BCUT2D eigenvalue weighted by Crippen LogP contribution is 2.23. The van der Waals surface area contributed by atoms with Crippen LogP contribution in [0.4, 0.5) is 0 Å². The molecule has 0 saturated heterocycles. The lowest BCUT2D eigenvalue weighted by Crippen LogP contribution is -2.28. The maximum absolute atomic E-state index is 5.92. The first-order valence-electron chi connectivity index (χ1n) is 9.21. The van der Waals surface area contributed by atoms with E-state index >= 15 is 0 Å². The van der Waals surface area contributed by atoms with E-state index in [1.807, 2.05) is 0 Å². The second-order valence-electron chi connectivity index (χ2n) is 6.78. The zero-order valence-corrected chi connectivity index (χ0v) is 14.9. The van der Waals surface area contributed by atoms with Gasteiger partial charge in [0, 0.05) is 26.2 Å². The molecular weight excluding hydrogens is 316 g/mol. The van der Waals surface area contributed by atoms with Crippen molar-refractivity contribution in [3.63, 3.8) is 0 Å². The van der Waals surface area contributed by atoms with E-state index in [9.17, 15) is 0 Å².